The lowest BCUT2D eigenvalue weighted by molar-refractivity contribution is -0.137. The van der Waals surface area contributed by atoms with Gasteiger partial charge in [-0.1, -0.05) is 60.7 Å². The van der Waals surface area contributed by atoms with E-state index in [2.05, 4.69) is 5.32 Å². The van der Waals surface area contributed by atoms with Crippen LogP contribution in [0.3, 0.4) is 0 Å². The van der Waals surface area contributed by atoms with Gasteiger partial charge in [0, 0.05) is 19.0 Å². The lowest BCUT2D eigenvalue weighted by atomic mass is 9.99. The molecule has 0 aliphatic carbocycles. The molecule has 1 N–H and O–H groups in total. The molecule has 28 heavy (non-hydrogen) atoms. The molecule has 6 heteroatoms. The van der Waals surface area contributed by atoms with Crippen LogP contribution in [0.25, 0.3) is 10.8 Å². The molecule has 0 bridgehead atoms. The lowest BCUT2D eigenvalue weighted by Gasteiger charge is -2.18. The molecule has 0 aliphatic heterocycles. The van der Waals surface area contributed by atoms with Gasteiger partial charge >= 0.3 is 6.18 Å². The zero-order valence-electron chi connectivity index (χ0n) is 15.3. The van der Waals surface area contributed by atoms with Crippen LogP contribution in [0.5, 0.6) is 0 Å². The van der Waals surface area contributed by atoms with Gasteiger partial charge in [-0.15, -0.1) is 12.4 Å². The van der Waals surface area contributed by atoms with Gasteiger partial charge in [0.2, 0.25) is 0 Å². The Labute approximate surface area is 168 Å². The van der Waals surface area contributed by atoms with Crippen LogP contribution in [-0.4, -0.2) is 12.7 Å². The molecule has 150 valence electrons. The minimum absolute atomic E-state index is 0. The van der Waals surface area contributed by atoms with Gasteiger partial charge in [0.25, 0.3) is 0 Å². The number of nitrogens with one attached hydrogen (secondary N) is 1. The largest absolute Gasteiger partial charge is 0.416 e. The zero-order valence-corrected chi connectivity index (χ0v) is 16.2. The van der Waals surface area contributed by atoms with Gasteiger partial charge in [-0.2, -0.15) is 13.2 Å². The molecule has 0 amide bonds. The zero-order chi connectivity index (χ0) is 19.4. The molecular weight excluding hydrogens is 390 g/mol. The third-order valence-corrected chi connectivity index (χ3v) is 4.65. The minimum atomic E-state index is -4.41. The third-order valence-electron chi connectivity index (χ3n) is 4.65. The van der Waals surface area contributed by atoms with E-state index >= 15 is 0 Å². The van der Waals surface area contributed by atoms with Gasteiger partial charge in [0.05, 0.1) is 5.56 Å². The van der Waals surface area contributed by atoms with Gasteiger partial charge in [-0.3, -0.25) is 0 Å². The number of fused-ring (bicyclic) bond motifs is 1. The highest BCUT2D eigenvalue weighted by molar-refractivity contribution is 5.86. The fourth-order valence-electron chi connectivity index (χ4n) is 3.25. The Hall–Kier alpha value is -2.11. The van der Waals surface area contributed by atoms with E-state index in [1.165, 1.54) is 12.1 Å². The second-order valence-electron chi connectivity index (χ2n) is 6.70. The van der Waals surface area contributed by atoms with E-state index in [0.717, 1.165) is 28.5 Å². The summed E-state index contributed by atoms with van der Waals surface area (Å²) in [5.74, 6) is 0. The van der Waals surface area contributed by atoms with Crippen molar-refractivity contribution in [3.05, 3.63) is 83.4 Å². The summed E-state index contributed by atoms with van der Waals surface area (Å²) in [5, 5.41) is 5.38. The number of halogens is 5. The Kier molecular flexibility index (Phi) is 7.44. The summed E-state index contributed by atoms with van der Waals surface area (Å²) < 4.78 is 52.7. The van der Waals surface area contributed by atoms with E-state index in [1.54, 1.807) is 0 Å². The SMILES string of the molecule is C[C@@H](NC[C@@H](F)Cc1cccc(C(F)(F)F)c1)c1cccc2ccccc12.Cl. The minimum Gasteiger partial charge on any atom is -0.307 e. The van der Waals surface area contributed by atoms with Crippen LogP contribution in [0.15, 0.2) is 66.7 Å². The standard InChI is InChI=1S/C22H21F4N.ClH/c1-15(20-11-5-8-17-7-2-3-10-21(17)20)27-14-19(23)13-16-6-4-9-18(12-16)22(24,25)26;/h2-12,15,19,27H,13-14H2,1H3;1H/t15-,19+;/m1./s1. The molecule has 0 unspecified atom stereocenters. The van der Waals surface area contributed by atoms with Gasteiger partial charge in [0.1, 0.15) is 6.17 Å². The van der Waals surface area contributed by atoms with Gasteiger partial charge in [-0.25, -0.2) is 4.39 Å². The van der Waals surface area contributed by atoms with Crippen molar-refractivity contribution in [1.29, 1.82) is 0 Å². The first-order valence-electron chi connectivity index (χ1n) is 8.86. The van der Waals surface area contributed by atoms with Crippen LogP contribution in [0.2, 0.25) is 0 Å². The van der Waals surface area contributed by atoms with E-state index < -0.39 is 17.9 Å². The van der Waals surface area contributed by atoms with Gasteiger partial charge < -0.3 is 5.32 Å². The Balaban J connectivity index is 0.00000280. The third kappa shape index (κ3) is 5.46. The van der Waals surface area contributed by atoms with E-state index in [0.29, 0.717) is 5.56 Å². The fourth-order valence-corrected chi connectivity index (χ4v) is 3.25. The molecule has 0 aromatic heterocycles. The molecule has 0 spiro atoms. The quantitative estimate of drug-likeness (QED) is 0.456. The maximum atomic E-state index is 14.4. The number of rotatable bonds is 6. The summed E-state index contributed by atoms with van der Waals surface area (Å²) in [6, 6.07) is 18.8. The van der Waals surface area contributed by atoms with Crippen molar-refractivity contribution in [1.82, 2.24) is 5.32 Å². The Morgan fingerprint density at radius 1 is 0.929 bits per heavy atom. The summed E-state index contributed by atoms with van der Waals surface area (Å²) >= 11 is 0. The molecule has 0 saturated heterocycles. The molecule has 2 atom stereocenters. The average Bonchev–Trinajstić information content (AvgIpc) is 2.65. The van der Waals surface area contributed by atoms with Crippen molar-refractivity contribution in [2.75, 3.05) is 6.54 Å². The van der Waals surface area contributed by atoms with E-state index in [4.69, 9.17) is 0 Å². The summed E-state index contributed by atoms with van der Waals surface area (Å²) in [4.78, 5) is 0. The average molecular weight is 412 g/mol. The monoisotopic (exact) mass is 411 g/mol. The second kappa shape index (κ2) is 9.39. The van der Waals surface area contributed by atoms with Crippen molar-refractivity contribution in [3.63, 3.8) is 0 Å². The Morgan fingerprint density at radius 3 is 2.36 bits per heavy atom. The lowest BCUT2D eigenvalue weighted by Crippen LogP contribution is -2.28. The highest BCUT2D eigenvalue weighted by Crippen LogP contribution is 2.30. The van der Waals surface area contributed by atoms with Crippen LogP contribution in [0.1, 0.15) is 29.7 Å². The van der Waals surface area contributed by atoms with Crippen LogP contribution < -0.4 is 5.32 Å². The molecule has 0 aliphatic rings. The molecule has 0 saturated carbocycles. The summed E-state index contributed by atoms with van der Waals surface area (Å²) in [6.45, 7) is 2.03. The van der Waals surface area contributed by atoms with E-state index in [1.807, 2.05) is 49.4 Å². The summed E-state index contributed by atoms with van der Waals surface area (Å²) in [7, 11) is 0. The van der Waals surface area contributed by atoms with Gasteiger partial charge in [0.15, 0.2) is 0 Å². The topological polar surface area (TPSA) is 12.0 Å². The van der Waals surface area contributed by atoms with Crippen LogP contribution >= 0.6 is 12.4 Å². The number of hydrogen-bond acceptors (Lipinski definition) is 1. The predicted molar refractivity (Wildman–Crippen MR) is 108 cm³/mol. The predicted octanol–water partition coefficient (Wildman–Crippen LogP) is 6.51. The van der Waals surface area contributed by atoms with E-state index in [-0.39, 0.29) is 31.4 Å². The molecule has 1 nitrogen and oxygen atoms in total. The number of alkyl halides is 4. The Bertz CT molecular complexity index is 905. The Morgan fingerprint density at radius 2 is 1.61 bits per heavy atom. The molecule has 0 fully saturated rings. The fraction of sp³-hybridized carbons (Fsp3) is 0.273. The number of benzene rings is 3. The maximum absolute atomic E-state index is 14.4. The van der Waals surface area contributed by atoms with Crippen molar-refractivity contribution in [2.45, 2.75) is 31.7 Å². The van der Waals surface area contributed by atoms with Crippen LogP contribution in [-0.2, 0) is 12.6 Å². The van der Waals surface area contributed by atoms with Crippen LogP contribution in [0, 0.1) is 0 Å². The highest BCUT2D eigenvalue weighted by Gasteiger charge is 2.30. The molecule has 0 radical (unpaired) electrons. The smallest absolute Gasteiger partial charge is 0.307 e. The van der Waals surface area contributed by atoms with Crippen molar-refractivity contribution < 1.29 is 17.6 Å². The second-order valence-corrected chi connectivity index (χ2v) is 6.70. The van der Waals surface area contributed by atoms with E-state index in [9.17, 15) is 17.6 Å². The van der Waals surface area contributed by atoms with Crippen molar-refractivity contribution >= 4 is 23.2 Å². The normalized spacial score (nSPS) is 13.8. The summed E-state index contributed by atoms with van der Waals surface area (Å²) in [5.41, 5.74) is 0.667. The summed E-state index contributed by atoms with van der Waals surface area (Å²) in [6.07, 6.45) is -5.74. The maximum Gasteiger partial charge on any atom is 0.416 e. The molecule has 3 aromatic carbocycles. The molecule has 3 rings (SSSR count). The number of hydrogen-bond donors (Lipinski definition) is 1. The van der Waals surface area contributed by atoms with Crippen molar-refractivity contribution in [2.24, 2.45) is 0 Å². The van der Waals surface area contributed by atoms with Crippen LogP contribution in [0.4, 0.5) is 17.6 Å². The first-order chi connectivity index (χ1) is 12.8. The molecule has 0 heterocycles. The highest BCUT2D eigenvalue weighted by atomic mass is 35.5. The first-order valence-corrected chi connectivity index (χ1v) is 8.86. The molecule has 3 aromatic rings. The first kappa shape index (κ1) is 22.2. The van der Waals surface area contributed by atoms with Crippen molar-refractivity contribution in [3.8, 4) is 0 Å². The van der Waals surface area contributed by atoms with Gasteiger partial charge in [-0.05, 0) is 34.9 Å². The molecular formula is C22H22ClF4N.